The first-order valence-electron chi connectivity index (χ1n) is 9.78. The van der Waals surface area contributed by atoms with Gasteiger partial charge in [0.15, 0.2) is 5.82 Å². The Morgan fingerprint density at radius 1 is 1.11 bits per heavy atom. The number of nitrogens with one attached hydrogen (secondary N) is 1. The van der Waals surface area contributed by atoms with Crippen LogP contribution in [0.15, 0.2) is 42.6 Å². The highest BCUT2D eigenvalue weighted by Gasteiger charge is 2.45. The number of anilines is 1. The third-order valence-corrected chi connectivity index (χ3v) is 5.99. The van der Waals surface area contributed by atoms with E-state index in [1.165, 1.54) is 6.07 Å². The molecular formula is C21H25FN4O. The molecule has 1 saturated heterocycles. The number of rotatable bonds is 4. The Hall–Kier alpha value is -2.50. The molecule has 2 fully saturated rings. The predicted octanol–water partition coefficient (Wildman–Crippen LogP) is 3.21. The number of amides is 1. The van der Waals surface area contributed by atoms with Gasteiger partial charge in [0, 0.05) is 30.9 Å². The van der Waals surface area contributed by atoms with E-state index in [-0.39, 0.29) is 17.8 Å². The van der Waals surface area contributed by atoms with Gasteiger partial charge in [-0.2, -0.15) is 5.10 Å². The summed E-state index contributed by atoms with van der Waals surface area (Å²) in [6, 6.07) is 10.7. The smallest absolute Gasteiger partial charge is 0.230 e. The number of nitrogens with zero attached hydrogens (tertiary/aromatic N) is 3. The van der Waals surface area contributed by atoms with E-state index in [1.807, 2.05) is 18.2 Å². The molecule has 0 bridgehead atoms. The summed E-state index contributed by atoms with van der Waals surface area (Å²) in [6.07, 6.45) is 6.75. The first kappa shape index (κ1) is 17.9. The van der Waals surface area contributed by atoms with Crippen molar-refractivity contribution in [2.45, 2.75) is 50.0 Å². The second-order valence-corrected chi connectivity index (χ2v) is 7.59. The number of carbonyl (C=O) groups is 1. The molecule has 0 atom stereocenters. The van der Waals surface area contributed by atoms with Crippen molar-refractivity contribution in [1.29, 1.82) is 0 Å². The fourth-order valence-corrected chi connectivity index (χ4v) is 4.49. The maximum absolute atomic E-state index is 14.5. The van der Waals surface area contributed by atoms with E-state index in [4.69, 9.17) is 0 Å². The molecule has 0 radical (unpaired) electrons. The quantitative estimate of drug-likeness (QED) is 0.900. The lowest BCUT2D eigenvalue weighted by Crippen LogP contribution is -2.51. The van der Waals surface area contributed by atoms with E-state index in [1.54, 1.807) is 18.3 Å². The molecule has 2 heterocycles. The Morgan fingerprint density at radius 3 is 2.52 bits per heavy atom. The average molecular weight is 368 g/mol. The standard InChI is InChI=1S/C21H25FN4O/c22-18-7-2-1-6-17(18)21(11-3-4-12-21)20(27)24-16-9-14-26(15-10-16)19-8-5-13-23-25-19/h1-2,5-8,13,16H,3-4,9-12,14-15H2,(H,24,27). The third-order valence-electron chi connectivity index (χ3n) is 5.99. The van der Waals surface area contributed by atoms with Gasteiger partial charge in [-0.05, 0) is 43.9 Å². The normalized spacial score (nSPS) is 19.8. The average Bonchev–Trinajstić information content (AvgIpc) is 3.21. The zero-order valence-electron chi connectivity index (χ0n) is 15.4. The summed E-state index contributed by atoms with van der Waals surface area (Å²) < 4.78 is 14.5. The molecule has 2 aliphatic rings. The Labute approximate surface area is 159 Å². The molecule has 1 amide bonds. The van der Waals surface area contributed by atoms with E-state index in [0.29, 0.717) is 5.56 Å². The molecule has 1 aliphatic carbocycles. The van der Waals surface area contributed by atoms with Crippen LogP contribution in [0.2, 0.25) is 0 Å². The van der Waals surface area contributed by atoms with Crippen molar-refractivity contribution < 1.29 is 9.18 Å². The largest absolute Gasteiger partial charge is 0.355 e. The summed E-state index contributed by atoms with van der Waals surface area (Å²) >= 11 is 0. The van der Waals surface area contributed by atoms with Gasteiger partial charge < -0.3 is 10.2 Å². The van der Waals surface area contributed by atoms with Crippen LogP contribution in [0.4, 0.5) is 10.2 Å². The molecule has 1 N–H and O–H groups in total. The number of benzene rings is 1. The van der Waals surface area contributed by atoms with Crippen molar-refractivity contribution in [1.82, 2.24) is 15.5 Å². The summed E-state index contributed by atoms with van der Waals surface area (Å²) in [5.74, 6) is 0.593. The van der Waals surface area contributed by atoms with Gasteiger partial charge >= 0.3 is 0 Å². The second-order valence-electron chi connectivity index (χ2n) is 7.59. The zero-order valence-corrected chi connectivity index (χ0v) is 15.4. The molecule has 1 aromatic heterocycles. The molecule has 2 aromatic rings. The van der Waals surface area contributed by atoms with Gasteiger partial charge in [0.05, 0.1) is 5.41 Å². The molecule has 1 aromatic carbocycles. The van der Waals surface area contributed by atoms with E-state index in [0.717, 1.165) is 57.4 Å². The summed E-state index contributed by atoms with van der Waals surface area (Å²) in [5.41, 5.74) is -0.162. The van der Waals surface area contributed by atoms with Crippen molar-refractivity contribution in [3.63, 3.8) is 0 Å². The van der Waals surface area contributed by atoms with Crippen LogP contribution in [0.25, 0.3) is 0 Å². The van der Waals surface area contributed by atoms with Gasteiger partial charge in [-0.25, -0.2) is 4.39 Å². The lowest BCUT2D eigenvalue weighted by Gasteiger charge is -2.36. The zero-order chi connectivity index (χ0) is 18.7. The summed E-state index contributed by atoms with van der Waals surface area (Å²) in [7, 11) is 0. The Kier molecular flexibility index (Phi) is 5.05. The topological polar surface area (TPSA) is 58.1 Å². The summed E-state index contributed by atoms with van der Waals surface area (Å²) in [6.45, 7) is 1.66. The highest BCUT2D eigenvalue weighted by atomic mass is 19.1. The second kappa shape index (κ2) is 7.62. The molecule has 0 unspecified atom stereocenters. The van der Waals surface area contributed by atoms with E-state index >= 15 is 0 Å². The van der Waals surface area contributed by atoms with Crippen LogP contribution in [0.5, 0.6) is 0 Å². The minimum atomic E-state index is -0.715. The van der Waals surface area contributed by atoms with Crippen molar-refractivity contribution in [2.75, 3.05) is 18.0 Å². The van der Waals surface area contributed by atoms with Crippen molar-refractivity contribution in [3.8, 4) is 0 Å². The van der Waals surface area contributed by atoms with Gasteiger partial charge in [-0.15, -0.1) is 5.10 Å². The van der Waals surface area contributed by atoms with Crippen LogP contribution >= 0.6 is 0 Å². The monoisotopic (exact) mass is 368 g/mol. The Bertz CT molecular complexity index is 784. The van der Waals surface area contributed by atoms with Crippen LogP contribution in [0, 0.1) is 5.82 Å². The first-order valence-corrected chi connectivity index (χ1v) is 9.78. The molecule has 1 saturated carbocycles. The van der Waals surface area contributed by atoms with E-state index < -0.39 is 5.41 Å². The van der Waals surface area contributed by atoms with Crippen LogP contribution in [-0.2, 0) is 10.2 Å². The van der Waals surface area contributed by atoms with Crippen molar-refractivity contribution in [2.24, 2.45) is 0 Å². The van der Waals surface area contributed by atoms with Crippen LogP contribution in [0.3, 0.4) is 0 Å². The molecule has 27 heavy (non-hydrogen) atoms. The van der Waals surface area contributed by atoms with Gasteiger partial charge in [0.1, 0.15) is 5.82 Å². The Balaban J connectivity index is 1.43. The molecule has 5 nitrogen and oxygen atoms in total. The van der Waals surface area contributed by atoms with Gasteiger partial charge in [0.2, 0.25) is 5.91 Å². The number of halogens is 1. The van der Waals surface area contributed by atoms with E-state index in [9.17, 15) is 9.18 Å². The number of piperidine rings is 1. The molecule has 1 aliphatic heterocycles. The van der Waals surface area contributed by atoms with E-state index in [2.05, 4.69) is 20.4 Å². The summed E-state index contributed by atoms with van der Waals surface area (Å²) in [5, 5.41) is 11.3. The van der Waals surface area contributed by atoms with Crippen molar-refractivity contribution >= 4 is 11.7 Å². The number of hydrogen-bond acceptors (Lipinski definition) is 4. The summed E-state index contributed by atoms with van der Waals surface area (Å²) in [4.78, 5) is 15.4. The number of hydrogen-bond donors (Lipinski definition) is 1. The molecule has 142 valence electrons. The number of aromatic nitrogens is 2. The molecule has 0 spiro atoms. The van der Waals surface area contributed by atoms with Crippen LogP contribution in [0.1, 0.15) is 44.1 Å². The van der Waals surface area contributed by atoms with Crippen LogP contribution < -0.4 is 10.2 Å². The SMILES string of the molecule is O=C(NC1CCN(c2cccnn2)CC1)C1(c2ccccc2F)CCCC1. The third kappa shape index (κ3) is 3.53. The lowest BCUT2D eigenvalue weighted by molar-refractivity contribution is -0.127. The fraction of sp³-hybridized carbons (Fsp3) is 0.476. The molecule has 6 heteroatoms. The van der Waals surface area contributed by atoms with Gasteiger partial charge in [0.25, 0.3) is 0 Å². The first-order chi connectivity index (χ1) is 13.2. The minimum Gasteiger partial charge on any atom is -0.355 e. The highest BCUT2D eigenvalue weighted by molar-refractivity contribution is 5.89. The van der Waals surface area contributed by atoms with Crippen molar-refractivity contribution in [3.05, 3.63) is 54.0 Å². The van der Waals surface area contributed by atoms with Crippen LogP contribution in [-0.4, -0.2) is 35.2 Å². The van der Waals surface area contributed by atoms with Gasteiger partial charge in [-0.1, -0.05) is 31.0 Å². The Morgan fingerprint density at radius 2 is 1.85 bits per heavy atom. The number of carbonyl (C=O) groups excluding carboxylic acids is 1. The molecule has 4 rings (SSSR count). The lowest BCUT2D eigenvalue weighted by atomic mass is 9.77. The maximum Gasteiger partial charge on any atom is 0.230 e. The molecular weight excluding hydrogens is 343 g/mol. The minimum absolute atomic E-state index is 0.0111. The fourth-order valence-electron chi connectivity index (χ4n) is 4.49. The van der Waals surface area contributed by atoms with Gasteiger partial charge in [-0.3, -0.25) is 4.79 Å². The highest BCUT2D eigenvalue weighted by Crippen LogP contribution is 2.42. The maximum atomic E-state index is 14.5. The predicted molar refractivity (Wildman–Crippen MR) is 102 cm³/mol.